The third kappa shape index (κ3) is 5.41. The second kappa shape index (κ2) is 5.75. The van der Waals surface area contributed by atoms with Crippen molar-refractivity contribution in [3.05, 3.63) is 0 Å². The summed E-state index contributed by atoms with van der Waals surface area (Å²) < 4.78 is 0. The van der Waals surface area contributed by atoms with E-state index in [-0.39, 0.29) is 12.3 Å². The first kappa shape index (κ1) is 13.1. The van der Waals surface area contributed by atoms with E-state index in [1.807, 2.05) is 0 Å². The van der Waals surface area contributed by atoms with Gasteiger partial charge in [-0.05, 0) is 19.3 Å². The van der Waals surface area contributed by atoms with Crippen LogP contribution in [0.5, 0.6) is 0 Å². The van der Waals surface area contributed by atoms with Gasteiger partial charge < -0.3 is 15.9 Å². The first-order valence-corrected chi connectivity index (χ1v) is 8.52. The third-order valence-electron chi connectivity index (χ3n) is 2.32. The molecule has 2 atom stereocenters. The standard InChI is InChI=1S/C9H23NO2Si/c1-13(2,3)9(10)8(12)6-4-5-7-11/h8-9,11-12H,4-7,10H2,1-3H3. The Morgan fingerprint density at radius 3 is 2.15 bits per heavy atom. The molecule has 0 aromatic carbocycles. The van der Waals surface area contributed by atoms with Crippen molar-refractivity contribution in [1.29, 1.82) is 0 Å². The molecule has 0 aliphatic rings. The summed E-state index contributed by atoms with van der Waals surface area (Å²) in [5.74, 6) is 0. The van der Waals surface area contributed by atoms with Crippen LogP contribution in [0, 0.1) is 0 Å². The fraction of sp³-hybridized carbons (Fsp3) is 1.00. The highest BCUT2D eigenvalue weighted by molar-refractivity contribution is 6.77. The second-order valence-corrected chi connectivity index (χ2v) is 10.1. The van der Waals surface area contributed by atoms with Gasteiger partial charge in [0.1, 0.15) is 0 Å². The van der Waals surface area contributed by atoms with Crippen LogP contribution in [-0.2, 0) is 0 Å². The molecule has 0 amide bonds. The van der Waals surface area contributed by atoms with Crippen molar-refractivity contribution >= 4 is 8.07 Å². The van der Waals surface area contributed by atoms with Crippen LogP contribution >= 0.6 is 0 Å². The molecule has 80 valence electrons. The highest BCUT2D eigenvalue weighted by atomic mass is 28.3. The molecule has 4 heteroatoms. The first-order valence-electron chi connectivity index (χ1n) is 4.94. The summed E-state index contributed by atoms with van der Waals surface area (Å²) >= 11 is 0. The van der Waals surface area contributed by atoms with Gasteiger partial charge in [0.05, 0.1) is 14.2 Å². The maximum atomic E-state index is 9.71. The number of rotatable bonds is 6. The van der Waals surface area contributed by atoms with Crippen molar-refractivity contribution in [3.63, 3.8) is 0 Å². The molecule has 0 fully saturated rings. The smallest absolute Gasteiger partial charge is 0.0665 e. The molecule has 0 aliphatic heterocycles. The van der Waals surface area contributed by atoms with Gasteiger partial charge >= 0.3 is 0 Å². The zero-order chi connectivity index (χ0) is 10.5. The van der Waals surface area contributed by atoms with Gasteiger partial charge in [0.2, 0.25) is 0 Å². The highest BCUT2D eigenvalue weighted by Crippen LogP contribution is 2.13. The Kier molecular flexibility index (Phi) is 5.79. The molecule has 0 aromatic heterocycles. The van der Waals surface area contributed by atoms with Gasteiger partial charge in [-0.2, -0.15) is 0 Å². The van der Waals surface area contributed by atoms with E-state index in [9.17, 15) is 5.11 Å². The molecule has 0 bridgehead atoms. The molecule has 0 heterocycles. The van der Waals surface area contributed by atoms with Crippen molar-refractivity contribution in [2.45, 2.75) is 50.7 Å². The number of hydrogen-bond acceptors (Lipinski definition) is 3. The van der Waals surface area contributed by atoms with Gasteiger partial charge in [-0.3, -0.25) is 0 Å². The number of aliphatic hydroxyl groups is 2. The van der Waals surface area contributed by atoms with Crippen LogP contribution in [-0.4, -0.2) is 36.7 Å². The summed E-state index contributed by atoms with van der Waals surface area (Å²) in [6.07, 6.45) is 1.94. The lowest BCUT2D eigenvalue weighted by molar-refractivity contribution is 0.150. The average molecular weight is 205 g/mol. The van der Waals surface area contributed by atoms with Crippen LogP contribution in [0.2, 0.25) is 19.6 Å². The summed E-state index contributed by atoms with van der Waals surface area (Å²) in [6.45, 7) is 6.68. The Balaban J connectivity index is 3.76. The predicted octanol–water partition coefficient (Wildman–Crippen LogP) is 0.715. The Bertz CT molecular complexity index is 136. The monoisotopic (exact) mass is 205 g/mol. The fourth-order valence-electron chi connectivity index (χ4n) is 1.22. The molecule has 4 N–H and O–H groups in total. The maximum Gasteiger partial charge on any atom is 0.0665 e. The lowest BCUT2D eigenvalue weighted by Crippen LogP contribution is -2.52. The van der Waals surface area contributed by atoms with Crippen molar-refractivity contribution in [3.8, 4) is 0 Å². The van der Waals surface area contributed by atoms with Gasteiger partial charge in [0.15, 0.2) is 0 Å². The number of aliphatic hydroxyl groups excluding tert-OH is 2. The summed E-state index contributed by atoms with van der Waals surface area (Å²) in [4.78, 5) is 0. The molecule has 0 aromatic rings. The molecule has 0 radical (unpaired) electrons. The zero-order valence-electron chi connectivity index (χ0n) is 8.95. The van der Waals surface area contributed by atoms with Crippen LogP contribution in [0.1, 0.15) is 19.3 Å². The van der Waals surface area contributed by atoms with E-state index in [0.717, 1.165) is 12.8 Å². The van der Waals surface area contributed by atoms with E-state index in [4.69, 9.17) is 10.8 Å². The largest absolute Gasteiger partial charge is 0.396 e. The Hall–Kier alpha value is 0.0969. The zero-order valence-corrected chi connectivity index (χ0v) is 9.95. The lowest BCUT2D eigenvalue weighted by Gasteiger charge is -2.29. The van der Waals surface area contributed by atoms with Crippen molar-refractivity contribution in [1.82, 2.24) is 0 Å². The topological polar surface area (TPSA) is 66.5 Å². The third-order valence-corrected chi connectivity index (χ3v) is 4.71. The van der Waals surface area contributed by atoms with E-state index in [1.165, 1.54) is 0 Å². The molecule has 0 saturated heterocycles. The molecule has 0 rings (SSSR count). The van der Waals surface area contributed by atoms with Gasteiger partial charge in [0.25, 0.3) is 0 Å². The van der Waals surface area contributed by atoms with Crippen LogP contribution in [0.25, 0.3) is 0 Å². The van der Waals surface area contributed by atoms with Crippen molar-refractivity contribution in [2.75, 3.05) is 6.61 Å². The molecule has 0 spiro atoms. The normalized spacial score (nSPS) is 17.1. The average Bonchev–Trinajstić information content (AvgIpc) is 2.01. The Morgan fingerprint density at radius 1 is 1.23 bits per heavy atom. The Morgan fingerprint density at radius 2 is 1.77 bits per heavy atom. The predicted molar refractivity (Wildman–Crippen MR) is 58.3 cm³/mol. The minimum Gasteiger partial charge on any atom is -0.396 e. The van der Waals surface area contributed by atoms with Gasteiger partial charge in [-0.15, -0.1) is 0 Å². The van der Waals surface area contributed by atoms with E-state index >= 15 is 0 Å². The minimum absolute atomic E-state index is 0.0498. The highest BCUT2D eigenvalue weighted by Gasteiger charge is 2.28. The van der Waals surface area contributed by atoms with Crippen LogP contribution < -0.4 is 5.73 Å². The quantitative estimate of drug-likeness (QED) is 0.442. The van der Waals surface area contributed by atoms with Crippen molar-refractivity contribution < 1.29 is 10.2 Å². The lowest BCUT2D eigenvalue weighted by atomic mass is 10.1. The van der Waals surface area contributed by atoms with E-state index in [2.05, 4.69) is 19.6 Å². The number of unbranched alkanes of at least 4 members (excludes halogenated alkanes) is 1. The molecule has 13 heavy (non-hydrogen) atoms. The minimum atomic E-state index is -1.42. The SMILES string of the molecule is C[Si](C)(C)C(N)C(O)CCCCO. The van der Waals surface area contributed by atoms with Gasteiger partial charge in [0, 0.05) is 12.3 Å². The molecule has 0 aliphatic carbocycles. The van der Waals surface area contributed by atoms with Crippen LogP contribution in [0.4, 0.5) is 0 Å². The van der Waals surface area contributed by atoms with E-state index in [0.29, 0.717) is 6.42 Å². The van der Waals surface area contributed by atoms with E-state index < -0.39 is 14.2 Å². The van der Waals surface area contributed by atoms with Gasteiger partial charge in [-0.1, -0.05) is 19.6 Å². The summed E-state index contributed by atoms with van der Waals surface area (Å²) in [7, 11) is -1.42. The molecule has 2 unspecified atom stereocenters. The number of nitrogens with two attached hydrogens (primary N) is 1. The van der Waals surface area contributed by atoms with Crippen LogP contribution in [0.3, 0.4) is 0 Å². The van der Waals surface area contributed by atoms with Crippen molar-refractivity contribution in [2.24, 2.45) is 5.73 Å². The second-order valence-electron chi connectivity index (χ2n) is 4.68. The van der Waals surface area contributed by atoms with Gasteiger partial charge in [-0.25, -0.2) is 0 Å². The summed E-state index contributed by atoms with van der Waals surface area (Å²) in [6, 6.07) is 0. The maximum absolute atomic E-state index is 9.71. The summed E-state index contributed by atoms with van der Waals surface area (Å²) in [5, 5.41) is 18.3. The molecular weight excluding hydrogens is 182 g/mol. The molecular formula is C9H23NO2Si. The Labute approximate surface area is 82.0 Å². The first-order chi connectivity index (χ1) is 5.89. The molecule has 3 nitrogen and oxygen atoms in total. The number of hydrogen-bond donors (Lipinski definition) is 3. The summed E-state index contributed by atoms with van der Waals surface area (Å²) in [5.41, 5.74) is 5.88. The molecule has 0 saturated carbocycles. The van der Waals surface area contributed by atoms with Crippen LogP contribution in [0.15, 0.2) is 0 Å². The van der Waals surface area contributed by atoms with E-state index in [1.54, 1.807) is 0 Å². The fourth-order valence-corrected chi connectivity index (χ4v) is 2.54.